The van der Waals surface area contributed by atoms with Gasteiger partial charge in [0.2, 0.25) is 0 Å². The summed E-state index contributed by atoms with van der Waals surface area (Å²) in [5, 5.41) is 4.51. The van der Waals surface area contributed by atoms with Gasteiger partial charge in [-0.05, 0) is 48.5 Å². The number of halogens is 2. The first kappa shape index (κ1) is 23.6. The lowest BCUT2D eigenvalue weighted by molar-refractivity contribution is 0.102. The van der Waals surface area contributed by atoms with E-state index in [1.54, 1.807) is 24.3 Å². The highest BCUT2D eigenvalue weighted by Gasteiger charge is 2.34. The summed E-state index contributed by atoms with van der Waals surface area (Å²) in [6, 6.07) is 21.4. The first-order chi connectivity index (χ1) is 16.7. The maximum Gasteiger partial charge on any atom is 0.303 e. The van der Waals surface area contributed by atoms with E-state index < -0.39 is 16.1 Å². The molecule has 1 amide bonds. The minimum absolute atomic E-state index is 0.148. The summed E-state index contributed by atoms with van der Waals surface area (Å²) in [5.41, 5.74) is 3.36. The molecular formula is C25H20Cl2N4O3S. The van der Waals surface area contributed by atoms with Crippen molar-refractivity contribution in [2.75, 3.05) is 29.8 Å². The van der Waals surface area contributed by atoms with Crippen LogP contribution < -0.4 is 9.62 Å². The summed E-state index contributed by atoms with van der Waals surface area (Å²) in [6.45, 7) is 0.699. The van der Waals surface area contributed by atoms with Crippen molar-refractivity contribution in [2.45, 2.75) is 0 Å². The quantitative estimate of drug-likeness (QED) is 0.382. The largest absolute Gasteiger partial charge is 0.322 e. The molecule has 0 saturated carbocycles. The Bertz CT molecular complexity index is 1580. The molecule has 10 heteroatoms. The molecule has 178 valence electrons. The van der Waals surface area contributed by atoms with E-state index in [-0.39, 0.29) is 10.6 Å². The van der Waals surface area contributed by atoms with Crippen molar-refractivity contribution in [1.29, 1.82) is 0 Å². The summed E-state index contributed by atoms with van der Waals surface area (Å²) in [5.74, 6) is -0.428. The molecule has 3 aromatic carbocycles. The number of pyridine rings is 1. The fourth-order valence-electron chi connectivity index (χ4n) is 3.95. The van der Waals surface area contributed by atoms with Gasteiger partial charge in [-0.15, -0.1) is 0 Å². The van der Waals surface area contributed by atoms with Crippen LogP contribution in [-0.4, -0.2) is 43.8 Å². The van der Waals surface area contributed by atoms with Gasteiger partial charge in [0.25, 0.3) is 5.91 Å². The zero-order valence-electron chi connectivity index (χ0n) is 18.6. The molecule has 1 fully saturated rings. The van der Waals surface area contributed by atoms with Crippen LogP contribution in [0.5, 0.6) is 0 Å². The lowest BCUT2D eigenvalue weighted by Crippen LogP contribution is -2.30. The predicted octanol–water partition coefficient (Wildman–Crippen LogP) is 5.46. The van der Waals surface area contributed by atoms with Crippen LogP contribution in [0.2, 0.25) is 10.0 Å². The van der Waals surface area contributed by atoms with E-state index in [9.17, 15) is 13.2 Å². The molecule has 35 heavy (non-hydrogen) atoms. The second-order valence-corrected chi connectivity index (χ2v) is 10.9. The number of carbonyl (C=O) groups is 1. The number of anilines is 2. The van der Waals surface area contributed by atoms with Crippen LogP contribution in [0.1, 0.15) is 10.4 Å². The highest BCUT2D eigenvalue weighted by atomic mass is 35.5. The van der Waals surface area contributed by atoms with E-state index in [1.807, 2.05) is 36.4 Å². The number of para-hydroxylation sites is 1. The van der Waals surface area contributed by atoms with Gasteiger partial charge in [-0.3, -0.25) is 9.10 Å². The van der Waals surface area contributed by atoms with Crippen molar-refractivity contribution in [1.82, 2.24) is 9.29 Å². The summed E-state index contributed by atoms with van der Waals surface area (Å²) in [7, 11) is -2.06. The third-order valence-corrected chi connectivity index (χ3v) is 8.44. The van der Waals surface area contributed by atoms with Gasteiger partial charge in [0.05, 0.1) is 32.5 Å². The molecule has 0 spiro atoms. The predicted molar refractivity (Wildman–Crippen MR) is 140 cm³/mol. The zero-order valence-corrected chi connectivity index (χ0v) is 20.9. The SMILES string of the molecule is CN1CCN(c2ccc(C(=O)Nc3ccc(Cl)c(-c4ccc5ccccc5n4)c3)c(Cl)c2)S1(=O)=O. The summed E-state index contributed by atoms with van der Waals surface area (Å²) in [4.78, 5) is 17.7. The Morgan fingerprint density at radius 3 is 2.49 bits per heavy atom. The standard InChI is InChI=1S/C25H20Cl2N4O3S/c1-30-12-13-31(35(30,33)34)18-8-9-19(22(27)15-18)25(32)28-17-7-10-21(26)20(14-17)24-11-6-16-4-2-3-5-23(16)29-24/h2-11,14-15H,12-13H2,1H3,(H,28,32). The number of benzene rings is 3. The van der Waals surface area contributed by atoms with Crippen LogP contribution in [0.4, 0.5) is 11.4 Å². The molecule has 0 unspecified atom stereocenters. The molecule has 7 nitrogen and oxygen atoms in total. The Hall–Kier alpha value is -3.17. The lowest BCUT2D eigenvalue weighted by atomic mass is 10.1. The number of amides is 1. The molecule has 1 N–H and O–H groups in total. The van der Waals surface area contributed by atoms with Crippen LogP contribution >= 0.6 is 23.2 Å². The Morgan fingerprint density at radius 1 is 0.943 bits per heavy atom. The number of fused-ring (bicyclic) bond motifs is 1. The maximum absolute atomic E-state index is 13.0. The smallest absolute Gasteiger partial charge is 0.303 e. The molecule has 1 aliphatic heterocycles. The number of carbonyl (C=O) groups excluding carboxylic acids is 1. The molecule has 0 radical (unpaired) electrons. The second-order valence-electron chi connectivity index (χ2n) is 8.10. The monoisotopic (exact) mass is 526 g/mol. The highest BCUT2D eigenvalue weighted by Crippen LogP contribution is 2.32. The molecule has 1 saturated heterocycles. The molecule has 5 rings (SSSR count). The number of hydrogen-bond donors (Lipinski definition) is 1. The van der Waals surface area contributed by atoms with Crippen molar-refractivity contribution in [2.24, 2.45) is 0 Å². The molecule has 1 aromatic heterocycles. The van der Waals surface area contributed by atoms with Crippen molar-refractivity contribution in [3.63, 3.8) is 0 Å². The average molecular weight is 527 g/mol. The molecule has 2 heterocycles. The van der Waals surface area contributed by atoms with Gasteiger partial charge in [0, 0.05) is 36.8 Å². The van der Waals surface area contributed by atoms with Gasteiger partial charge >= 0.3 is 10.2 Å². The summed E-state index contributed by atoms with van der Waals surface area (Å²) < 4.78 is 27.4. The van der Waals surface area contributed by atoms with Crippen LogP contribution in [-0.2, 0) is 10.2 Å². The van der Waals surface area contributed by atoms with Gasteiger partial charge in [0.1, 0.15) is 0 Å². The highest BCUT2D eigenvalue weighted by molar-refractivity contribution is 7.90. The molecule has 1 aliphatic rings. The number of rotatable bonds is 4. The summed E-state index contributed by atoms with van der Waals surface area (Å²) >= 11 is 12.8. The van der Waals surface area contributed by atoms with Crippen LogP contribution in [0.25, 0.3) is 22.2 Å². The third-order valence-electron chi connectivity index (χ3n) is 5.87. The van der Waals surface area contributed by atoms with Gasteiger partial charge in [-0.2, -0.15) is 12.7 Å². The molecule has 0 atom stereocenters. The van der Waals surface area contributed by atoms with Crippen LogP contribution in [0, 0.1) is 0 Å². The Kier molecular flexibility index (Phi) is 6.14. The lowest BCUT2D eigenvalue weighted by Gasteiger charge is -2.19. The number of aromatic nitrogens is 1. The minimum Gasteiger partial charge on any atom is -0.322 e. The Labute approximate surface area is 213 Å². The Balaban J connectivity index is 1.40. The number of nitrogens with zero attached hydrogens (tertiary/aromatic N) is 3. The fraction of sp³-hybridized carbons (Fsp3) is 0.120. The van der Waals surface area contributed by atoms with E-state index in [1.165, 1.54) is 27.8 Å². The van der Waals surface area contributed by atoms with E-state index in [4.69, 9.17) is 23.2 Å². The van der Waals surface area contributed by atoms with Crippen LogP contribution in [0.3, 0.4) is 0 Å². The Morgan fingerprint density at radius 2 is 1.74 bits per heavy atom. The number of nitrogens with one attached hydrogen (secondary N) is 1. The van der Waals surface area contributed by atoms with Crippen molar-refractivity contribution < 1.29 is 13.2 Å². The maximum atomic E-state index is 13.0. The van der Waals surface area contributed by atoms with Crippen LogP contribution in [0.15, 0.2) is 72.8 Å². The zero-order chi connectivity index (χ0) is 24.7. The van der Waals surface area contributed by atoms with Crippen molar-refractivity contribution >= 4 is 61.6 Å². The molecule has 0 aliphatic carbocycles. The van der Waals surface area contributed by atoms with Gasteiger partial charge in [0.15, 0.2) is 0 Å². The van der Waals surface area contributed by atoms with Gasteiger partial charge < -0.3 is 5.32 Å². The number of likely N-dealkylation sites (N-methyl/N-ethyl adjacent to an activating group) is 1. The second kappa shape index (κ2) is 9.13. The van der Waals surface area contributed by atoms with Crippen molar-refractivity contribution in [3.8, 4) is 11.3 Å². The van der Waals surface area contributed by atoms with E-state index in [0.29, 0.717) is 40.7 Å². The van der Waals surface area contributed by atoms with E-state index in [0.717, 1.165) is 10.9 Å². The number of hydrogen-bond acceptors (Lipinski definition) is 4. The van der Waals surface area contributed by atoms with E-state index in [2.05, 4.69) is 10.3 Å². The van der Waals surface area contributed by atoms with Gasteiger partial charge in [-0.25, -0.2) is 4.98 Å². The first-order valence-corrected chi connectivity index (χ1v) is 12.9. The summed E-state index contributed by atoms with van der Waals surface area (Å²) in [6.07, 6.45) is 0. The van der Waals surface area contributed by atoms with Gasteiger partial charge in [-0.1, -0.05) is 47.5 Å². The topological polar surface area (TPSA) is 82.6 Å². The fourth-order valence-corrected chi connectivity index (χ4v) is 5.77. The van der Waals surface area contributed by atoms with E-state index >= 15 is 0 Å². The average Bonchev–Trinajstić information content (AvgIpc) is 3.11. The first-order valence-electron chi connectivity index (χ1n) is 10.7. The minimum atomic E-state index is -3.58. The molecular weight excluding hydrogens is 507 g/mol. The van der Waals surface area contributed by atoms with Crippen molar-refractivity contribution in [3.05, 3.63) is 88.4 Å². The third kappa shape index (κ3) is 4.46. The normalized spacial score (nSPS) is 15.5. The molecule has 0 bridgehead atoms. The molecule has 4 aromatic rings.